The lowest BCUT2D eigenvalue weighted by Crippen LogP contribution is -2.44. The lowest BCUT2D eigenvalue weighted by atomic mass is 10.1. The van der Waals surface area contributed by atoms with Gasteiger partial charge in [0.2, 0.25) is 0 Å². The van der Waals surface area contributed by atoms with E-state index in [-0.39, 0.29) is 38.6 Å². The Labute approximate surface area is 310 Å². The van der Waals surface area contributed by atoms with Crippen LogP contribution in [0.15, 0.2) is 60.8 Å². The zero-order valence-electron chi connectivity index (χ0n) is 32.7. The van der Waals surface area contributed by atoms with Crippen molar-refractivity contribution in [1.82, 2.24) is 0 Å². The minimum Gasteiger partial charge on any atom is -0.545 e. The van der Waals surface area contributed by atoms with Gasteiger partial charge in [0.25, 0.3) is 0 Å². The van der Waals surface area contributed by atoms with E-state index in [1.54, 1.807) is 0 Å². The molecule has 0 aliphatic rings. The lowest BCUT2D eigenvalue weighted by Gasteiger charge is -2.26. The highest BCUT2D eigenvalue weighted by molar-refractivity contribution is 5.70. The molecule has 0 aromatic heterocycles. The van der Waals surface area contributed by atoms with E-state index < -0.39 is 24.3 Å². The quantitative estimate of drug-likeness (QED) is 0.0216. The van der Waals surface area contributed by atoms with E-state index in [4.69, 9.17) is 18.9 Å². The summed E-state index contributed by atoms with van der Waals surface area (Å²) in [4.78, 5) is 36.8. The molecule has 0 spiro atoms. The molecule has 0 N–H and O–H groups in total. The minimum absolute atomic E-state index is 0.136. The standard InChI is InChI=1S/C42H71NO8/c1-6-8-10-12-14-16-18-20-22-24-26-28-30-32-39(44)49-36-38(37-50-42(41(46)47)48-35-34-43(3,4)5)51-40(45)33-31-29-27-25-23-21-19-17-15-13-11-9-7-2/h9-12,15-18,21,23,38,42H,6-8,13-14,19-20,22,24-37H2,1-5H3/b11-9-,12-10-,17-15-,18-16-,23-21-. The number of esters is 2. The molecular weight excluding hydrogens is 646 g/mol. The Morgan fingerprint density at radius 2 is 1.12 bits per heavy atom. The number of unbranched alkanes of at least 4 members (excludes halogenated alkanes) is 9. The molecular formula is C42H71NO8. The van der Waals surface area contributed by atoms with Gasteiger partial charge in [-0.05, 0) is 70.6 Å². The summed E-state index contributed by atoms with van der Waals surface area (Å²) in [6.45, 7) is 4.46. The zero-order chi connectivity index (χ0) is 37.8. The minimum atomic E-state index is -1.63. The number of ether oxygens (including phenoxy) is 4. The van der Waals surface area contributed by atoms with Crippen LogP contribution in [-0.4, -0.2) is 82.3 Å². The number of aliphatic carboxylic acids is 1. The Balaban J connectivity index is 4.62. The molecule has 0 radical (unpaired) electrons. The van der Waals surface area contributed by atoms with Crippen LogP contribution >= 0.6 is 0 Å². The maximum Gasteiger partial charge on any atom is 0.306 e. The van der Waals surface area contributed by atoms with Crippen molar-refractivity contribution in [3.05, 3.63) is 60.8 Å². The van der Waals surface area contributed by atoms with Crippen molar-refractivity contribution >= 4 is 17.9 Å². The van der Waals surface area contributed by atoms with Crippen molar-refractivity contribution in [3.63, 3.8) is 0 Å². The normalized spacial score (nSPS) is 13.7. The van der Waals surface area contributed by atoms with Gasteiger partial charge in [-0.15, -0.1) is 0 Å². The van der Waals surface area contributed by atoms with Crippen LogP contribution in [0.5, 0.6) is 0 Å². The van der Waals surface area contributed by atoms with E-state index in [1.807, 2.05) is 21.1 Å². The van der Waals surface area contributed by atoms with E-state index >= 15 is 0 Å². The Morgan fingerprint density at radius 3 is 1.69 bits per heavy atom. The number of carbonyl (C=O) groups is 3. The summed E-state index contributed by atoms with van der Waals surface area (Å²) in [5.41, 5.74) is 0. The first-order valence-corrected chi connectivity index (χ1v) is 19.4. The third kappa shape index (κ3) is 35.2. The topological polar surface area (TPSA) is 111 Å². The molecule has 0 saturated heterocycles. The van der Waals surface area contributed by atoms with E-state index in [0.717, 1.165) is 83.5 Å². The Hall–Kier alpha value is -3.01. The third-order valence-corrected chi connectivity index (χ3v) is 7.73. The van der Waals surface area contributed by atoms with Crippen LogP contribution in [0.3, 0.4) is 0 Å². The number of carbonyl (C=O) groups excluding carboxylic acids is 3. The summed E-state index contributed by atoms with van der Waals surface area (Å²) >= 11 is 0. The highest BCUT2D eigenvalue weighted by atomic mass is 16.7. The fourth-order valence-corrected chi connectivity index (χ4v) is 4.70. The molecule has 0 aromatic carbocycles. The molecule has 0 fully saturated rings. The van der Waals surface area contributed by atoms with Gasteiger partial charge in [-0.2, -0.15) is 0 Å². The monoisotopic (exact) mass is 718 g/mol. The summed E-state index contributed by atoms with van der Waals surface area (Å²) in [7, 11) is 5.87. The molecule has 2 unspecified atom stereocenters. The van der Waals surface area contributed by atoms with Gasteiger partial charge in [0.05, 0.1) is 40.3 Å². The molecule has 2 atom stereocenters. The van der Waals surface area contributed by atoms with Gasteiger partial charge < -0.3 is 33.3 Å². The number of quaternary nitrogens is 1. The first-order valence-electron chi connectivity index (χ1n) is 19.4. The van der Waals surface area contributed by atoms with Crippen molar-refractivity contribution in [3.8, 4) is 0 Å². The maximum absolute atomic E-state index is 12.7. The van der Waals surface area contributed by atoms with Gasteiger partial charge in [0.1, 0.15) is 13.2 Å². The third-order valence-electron chi connectivity index (χ3n) is 7.73. The summed E-state index contributed by atoms with van der Waals surface area (Å²) < 4.78 is 22.4. The second-order valence-electron chi connectivity index (χ2n) is 13.8. The second-order valence-corrected chi connectivity index (χ2v) is 13.8. The van der Waals surface area contributed by atoms with Gasteiger partial charge in [0, 0.05) is 12.8 Å². The molecule has 0 aliphatic heterocycles. The molecule has 0 bridgehead atoms. The fourth-order valence-electron chi connectivity index (χ4n) is 4.70. The van der Waals surface area contributed by atoms with Crippen molar-refractivity contribution in [1.29, 1.82) is 0 Å². The lowest BCUT2D eigenvalue weighted by molar-refractivity contribution is -0.870. The van der Waals surface area contributed by atoms with Gasteiger partial charge in [-0.25, -0.2) is 0 Å². The van der Waals surface area contributed by atoms with Gasteiger partial charge in [0.15, 0.2) is 12.4 Å². The highest BCUT2D eigenvalue weighted by Crippen LogP contribution is 2.11. The molecule has 0 saturated carbocycles. The van der Waals surface area contributed by atoms with Crippen LogP contribution in [-0.2, 0) is 33.3 Å². The fraction of sp³-hybridized carbons (Fsp3) is 0.690. The predicted octanol–water partition coefficient (Wildman–Crippen LogP) is 8.10. The van der Waals surface area contributed by atoms with Crippen LogP contribution in [0.1, 0.15) is 129 Å². The van der Waals surface area contributed by atoms with Crippen LogP contribution in [0.25, 0.3) is 0 Å². The van der Waals surface area contributed by atoms with E-state index in [2.05, 4.69) is 74.6 Å². The second kappa shape index (κ2) is 34.1. The van der Waals surface area contributed by atoms with Crippen LogP contribution in [0.4, 0.5) is 0 Å². The summed E-state index contributed by atoms with van der Waals surface area (Å²) in [5.74, 6) is -2.36. The van der Waals surface area contributed by atoms with Crippen molar-refractivity contribution in [2.75, 3.05) is 47.5 Å². The number of hydrogen-bond acceptors (Lipinski definition) is 8. The van der Waals surface area contributed by atoms with Crippen LogP contribution < -0.4 is 5.11 Å². The summed E-state index contributed by atoms with van der Waals surface area (Å²) in [6.07, 6.45) is 35.4. The predicted molar refractivity (Wildman–Crippen MR) is 205 cm³/mol. The summed E-state index contributed by atoms with van der Waals surface area (Å²) in [5, 5.41) is 11.6. The van der Waals surface area contributed by atoms with Crippen molar-refractivity contribution < 1.29 is 42.9 Å². The molecule has 0 amide bonds. The average Bonchev–Trinajstić information content (AvgIpc) is 3.08. The average molecular weight is 718 g/mol. The maximum atomic E-state index is 12.7. The van der Waals surface area contributed by atoms with E-state index in [1.165, 1.54) is 6.42 Å². The number of allylic oxidation sites excluding steroid dienone is 10. The Kier molecular flexibility index (Phi) is 32.1. The van der Waals surface area contributed by atoms with Crippen molar-refractivity contribution in [2.45, 2.75) is 142 Å². The molecule has 0 aromatic rings. The van der Waals surface area contributed by atoms with E-state index in [9.17, 15) is 19.5 Å². The Bertz CT molecular complexity index is 1020. The van der Waals surface area contributed by atoms with Gasteiger partial charge >= 0.3 is 11.9 Å². The number of carboxylic acids is 1. The van der Waals surface area contributed by atoms with Gasteiger partial charge in [-0.1, -0.05) is 107 Å². The molecule has 0 heterocycles. The van der Waals surface area contributed by atoms with Crippen molar-refractivity contribution in [2.24, 2.45) is 0 Å². The van der Waals surface area contributed by atoms with Crippen LogP contribution in [0, 0.1) is 0 Å². The number of likely N-dealkylation sites (N-methyl/N-ethyl adjacent to an activating group) is 1. The van der Waals surface area contributed by atoms with Crippen LogP contribution in [0.2, 0.25) is 0 Å². The molecule has 0 rings (SSSR count). The number of carboxylic acid groups (broad SMARTS) is 1. The largest absolute Gasteiger partial charge is 0.545 e. The molecule has 51 heavy (non-hydrogen) atoms. The SMILES string of the molecule is CC/C=C\C/C=C\C/C=C\CCCCCC(=O)OC(COC(=O)CCCCCCC/C=C\C/C=C\CCC)COC(OCC[N+](C)(C)C)C(=O)[O-]. The molecule has 9 nitrogen and oxygen atoms in total. The first-order chi connectivity index (χ1) is 24.6. The molecule has 0 aliphatic carbocycles. The molecule has 292 valence electrons. The van der Waals surface area contributed by atoms with Gasteiger partial charge in [-0.3, -0.25) is 9.59 Å². The first kappa shape index (κ1) is 48.0. The smallest absolute Gasteiger partial charge is 0.306 e. The summed E-state index contributed by atoms with van der Waals surface area (Å²) in [6, 6.07) is 0. The number of nitrogens with zero attached hydrogens (tertiary/aromatic N) is 1. The number of hydrogen-bond donors (Lipinski definition) is 0. The zero-order valence-corrected chi connectivity index (χ0v) is 32.7. The molecule has 9 heteroatoms. The Morgan fingerprint density at radius 1 is 0.608 bits per heavy atom. The van der Waals surface area contributed by atoms with E-state index in [0.29, 0.717) is 23.9 Å². The highest BCUT2D eigenvalue weighted by Gasteiger charge is 2.21. The number of rotatable bonds is 34.